The highest BCUT2D eigenvalue weighted by Gasteiger charge is 2.21. The Balaban J connectivity index is 1.69. The number of rotatable bonds is 12. The van der Waals surface area contributed by atoms with Crippen molar-refractivity contribution >= 4 is 29.1 Å². The van der Waals surface area contributed by atoms with Crippen molar-refractivity contribution in [3.63, 3.8) is 0 Å². The number of carbonyl (C=O) groups excluding carboxylic acids is 2. The summed E-state index contributed by atoms with van der Waals surface area (Å²) in [5.74, 6) is 0.825. The molecule has 0 radical (unpaired) electrons. The van der Waals surface area contributed by atoms with Crippen LogP contribution < -0.4 is 10.2 Å². The molecule has 1 unspecified atom stereocenters. The first kappa shape index (κ1) is 26.5. The van der Waals surface area contributed by atoms with Crippen molar-refractivity contribution < 1.29 is 9.59 Å². The molecule has 186 valence electrons. The maximum Gasteiger partial charge on any atom is 0.216 e. The van der Waals surface area contributed by atoms with Gasteiger partial charge in [0.1, 0.15) is 0 Å². The first-order chi connectivity index (χ1) is 16.9. The third kappa shape index (κ3) is 6.72. The van der Waals surface area contributed by atoms with E-state index in [1.807, 2.05) is 31.2 Å². The van der Waals surface area contributed by atoms with E-state index in [-0.39, 0.29) is 16.9 Å². The fourth-order valence-electron chi connectivity index (χ4n) is 3.95. The number of amides is 1. The number of carbonyl (C=O) groups is 2. The molecule has 0 saturated heterocycles. The number of hydrogen-bond donors (Lipinski definition) is 1. The standard InChI is InChI=1S/C27H35N5O2S/c1-6-31(7-2)24-15-13-23(14-16-24)26-29-30-27(32(26)8-3)35-19(4)25(34)22-11-9-21(10-12-22)17-18-28-20(5)33/h9-16,19H,6-8,17-18H2,1-5H3,(H,28,33). The molecule has 35 heavy (non-hydrogen) atoms. The highest BCUT2D eigenvalue weighted by Crippen LogP contribution is 2.29. The monoisotopic (exact) mass is 493 g/mol. The zero-order chi connectivity index (χ0) is 25.4. The maximum atomic E-state index is 13.1. The second kappa shape index (κ2) is 12.5. The normalized spacial score (nSPS) is 11.8. The molecule has 0 spiro atoms. The van der Waals surface area contributed by atoms with E-state index in [9.17, 15) is 9.59 Å². The number of Topliss-reactive ketones (excluding diaryl/α,β-unsaturated/α-hetero) is 1. The Labute approximate surface area is 212 Å². The topological polar surface area (TPSA) is 80.1 Å². The number of nitrogens with one attached hydrogen (secondary N) is 1. The van der Waals surface area contributed by atoms with Crippen LogP contribution in [0.25, 0.3) is 11.4 Å². The smallest absolute Gasteiger partial charge is 0.216 e. The molecule has 3 rings (SSSR count). The van der Waals surface area contributed by atoms with Crippen molar-refractivity contribution in [2.24, 2.45) is 0 Å². The SMILES string of the molecule is CCN(CC)c1ccc(-c2nnc(SC(C)C(=O)c3ccc(CCNC(C)=O)cc3)n2CC)cc1. The van der Waals surface area contributed by atoms with E-state index in [4.69, 9.17) is 0 Å². The van der Waals surface area contributed by atoms with Crippen molar-refractivity contribution in [3.8, 4) is 11.4 Å². The highest BCUT2D eigenvalue weighted by atomic mass is 32.2. The molecule has 0 saturated carbocycles. The molecule has 0 aliphatic heterocycles. The predicted molar refractivity (Wildman–Crippen MR) is 143 cm³/mol. The highest BCUT2D eigenvalue weighted by molar-refractivity contribution is 8.00. The Morgan fingerprint density at radius 3 is 2.23 bits per heavy atom. The number of aromatic nitrogens is 3. The van der Waals surface area contributed by atoms with Gasteiger partial charge in [-0.05, 0) is 63.9 Å². The fourth-order valence-corrected chi connectivity index (χ4v) is 4.94. The van der Waals surface area contributed by atoms with Gasteiger partial charge in [-0.1, -0.05) is 36.0 Å². The molecule has 0 aliphatic carbocycles. The molecule has 1 atom stereocenters. The zero-order valence-corrected chi connectivity index (χ0v) is 22.1. The molecule has 1 N–H and O–H groups in total. The van der Waals surface area contributed by atoms with Crippen molar-refractivity contribution in [2.75, 3.05) is 24.5 Å². The summed E-state index contributed by atoms with van der Waals surface area (Å²) in [6, 6.07) is 16.0. The molecule has 7 nitrogen and oxygen atoms in total. The van der Waals surface area contributed by atoms with E-state index in [0.717, 1.165) is 41.6 Å². The molecular weight excluding hydrogens is 458 g/mol. The average Bonchev–Trinajstić information content (AvgIpc) is 3.27. The van der Waals surface area contributed by atoms with E-state index in [1.165, 1.54) is 24.4 Å². The molecule has 3 aromatic rings. The van der Waals surface area contributed by atoms with E-state index in [1.54, 1.807) is 0 Å². The molecule has 0 fully saturated rings. The van der Waals surface area contributed by atoms with Crippen molar-refractivity contribution in [1.29, 1.82) is 0 Å². The quantitative estimate of drug-likeness (QED) is 0.287. The summed E-state index contributed by atoms with van der Waals surface area (Å²) in [5, 5.41) is 12.1. The minimum Gasteiger partial charge on any atom is -0.372 e. The van der Waals surface area contributed by atoms with Crippen LogP contribution in [0.15, 0.2) is 53.7 Å². The van der Waals surface area contributed by atoms with Crippen LogP contribution in [0.4, 0.5) is 5.69 Å². The summed E-state index contributed by atoms with van der Waals surface area (Å²) in [7, 11) is 0. The van der Waals surface area contributed by atoms with Crippen LogP contribution >= 0.6 is 11.8 Å². The number of thioether (sulfide) groups is 1. The first-order valence-corrected chi connectivity index (χ1v) is 13.1. The third-order valence-corrected chi connectivity index (χ3v) is 7.05. The van der Waals surface area contributed by atoms with E-state index < -0.39 is 0 Å². The van der Waals surface area contributed by atoms with E-state index >= 15 is 0 Å². The van der Waals surface area contributed by atoms with Gasteiger partial charge in [0.25, 0.3) is 0 Å². The lowest BCUT2D eigenvalue weighted by Crippen LogP contribution is -2.22. The van der Waals surface area contributed by atoms with Gasteiger partial charge in [-0.3, -0.25) is 9.59 Å². The van der Waals surface area contributed by atoms with Gasteiger partial charge in [0.15, 0.2) is 16.8 Å². The molecule has 1 aromatic heterocycles. The molecule has 8 heteroatoms. The Hall–Kier alpha value is -3.13. The second-order valence-electron chi connectivity index (χ2n) is 8.32. The summed E-state index contributed by atoms with van der Waals surface area (Å²) >= 11 is 1.43. The zero-order valence-electron chi connectivity index (χ0n) is 21.2. The van der Waals surface area contributed by atoms with Crippen LogP contribution in [0, 0.1) is 0 Å². The van der Waals surface area contributed by atoms with Crippen molar-refractivity contribution in [2.45, 2.75) is 58.0 Å². The van der Waals surface area contributed by atoms with Gasteiger partial charge in [0.05, 0.1) is 5.25 Å². The number of nitrogens with zero attached hydrogens (tertiary/aromatic N) is 4. The van der Waals surface area contributed by atoms with Crippen LogP contribution in [0.1, 0.15) is 50.5 Å². The van der Waals surface area contributed by atoms with Gasteiger partial charge >= 0.3 is 0 Å². The lowest BCUT2D eigenvalue weighted by atomic mass is 10.0. The number of hydrogen-bond acceptors (Lipinski definition) is 6. The lowest BCUT2D eigenvalue weighted by molar-refractivity contribution is -0.118. The van der Waals surface area contributed by atoms with Crippen molar-refractivity contribution in [1.82, 2.24) is 20.1 Å². The van der Waals surface area contributed by atoms with Crippen LogP contribution in [-0.2, 0) is 17.8 Å². The minimum atomic E-state index is -0.298. The second-order valence-corrected chi connectivity index (χ2v) is 9.63. The van der Waals surface area contributed by atoms with Crippen LogP contribution in [0.2, 0.25) is 0 Å². The van der Waals surface area contributed by atoms with Crippen LogP contribution in [0.3, 0.4) is 0 Å². The van der Waals surface area contributed by atoms with E-state index in [2.05, 4.69) is 70.0 Å². The molecular formula is C27H35N5O2S. The Kier molecular flexibility index (Phi) is 9.48. The van der Waals surface area contributed by atoms with E-state index in [0.29, 0.717) is 18.7 Å². The number of ketones is 1. The Morgan fingerprint density at radius 2 is 1.66 bits per heavy atom. The van der Waals surface area contributed by atoms with Gasteiger partial charge in [0.2, 0.25) is 5.91 Å². The fraction of sp³-hybridized carbons (Fsp3) is 0.407. The summed E-state index contributed by atoms with van der Waals surface area (Å²) in [6.07, 6.45) is 0.733. The molecule has 1 amide bonds. The summed E-state index contributed by atoms with van der Waals surface area (Å²) in [4.78, 5) is 26.4. The molecule has 2 aromatic carbocycles. The van der Waals surface area contributed by atoms with Gasteiger partial charge in [-0.2, -0.15) is 0 Å². The van der Waals surface area contributed by atoms with Gasteiger partial charge in [-0.25, -0.2) is 0 Å². The summed E-state index contributed by atoms with van der Waals surface area (Å²) in [5.41, 5.74) is 3.95. The largest absolute Gasteiger partial charge is 0.372 e. The van der Waals surface area contributed by atoms with Gasteiger partial charge in [-0.15, -0.1) is 10.2 Å². The summed E-state index contributed by atoms with van der Waals surface area (Å²) in [6.45, 7) is 13.0. The minimum absolute atomic E-state index is 0.0395. The van der Waals surface area contributed by atoms with Crippen LogP contribution in [-0.4, -0.2) is 51.3 Å². The predicted octanol–water partition coefficient (Wildman–Crippen LogP) is 4.85. The Bertz CT molecular complexity index is 1120. The lowest BCUT2D eigenvalue weighted by Gasteiger charge is -2.21. The van der Waals surface area contributed by atoms with Gasteiger partial charge in [0, 0.05) is 49.9 Å². The Morgan fingerprint density at radius 1 is 1.00 bits per heavy atom. The van der Waals surface area contributed by atoms with Gasteiger partial charge < -0.3 is 14.8 Å². The van der Waals surface area contributed by atoms with Crippen LogP contribution in [0.5, 0.6) is 0 Å². The maximum absolute atomic E-state index is 13.1. The molecule has 1 heterocycles. The summed E-state index contributed by atoms with van der Waals surface area (Å²) < 4.78 is 2.06. The molecule has 0 bridgehead atoms. The number of anilines is 1. The average molecular weight is 494 g/mol. The molecule has 0 aliphatic rings. The first-order valence-electron chi connectivity index (χ1n) is 12.2. The third-order valence-electron chi connectivity index (χ3n) is 5.96. The van der Waals surface area contributed by atoms with Crippen molar-refractivity contribution in [3.05, 3.63) is 59.7 Å². The number of benzene rings is 2.